The molecule has 2 aliphatic rings. The van der Waals surface area contributed by atoms with Gasteiger partial charge in [-0.3, -0.25) is 9.89 Å². The van der Waals surface area contributed by atoms with E-state index >= 15 is 0 Å². The number of allylic oxidation sites excluding steroid dienone is 3. The van der Waals surface area contributed by atoms with Gasteiger partial charge in [-0.1, -0.05) is 23.8 Å². The van der Waals surface area contributed by atoms with Gasteiger partial charge in [-0.05, 0) is 43.5 Å². The molecule has 2 aromatic rings. The molecule has 1 unspecified atom stereocenters. The molecule has 1 aromatic heterocycles. The van der Waals surface area contributed by atoms with Gasteiger partial charge in [0, 0.05) is 34.5 Å². The summed E-state index contributed by atoms with van der Waals surface area (Å²) >= 11 is 6.02. The molecule has 0 spiro atoms. The maximum absolute atomic E-state index is 13.0. The first kappa shape index (κ1) is 15.3. The molecule has 0 saturated carbocycles. The number of aromatic amines is 1. The largest absolute Gasteiger partial charge is 0.382 e. The average molecular weight is 343 g/mol. The van der Waals surface area contributed by atoms with Crippen LogP contribution in [0, 0.1) is 5.92 Å². The Labute approximate surface area is 145 Å². The van der Waals surface area contributed by atoms with Crippen molar-refractivity contribution in [2.45, 2.75) is 25.3 Å². The standard InChI is InChI=1S/C18H19ClN4O/c19-13-6-3-11(4-7-13)16-2-1-9-23(16)18(24)12-5-8-15-14(10-12)17(20)22-21-15/h3,5-8,10-11,16H,1-2,4,9H2,(H3,20,21,22)/t11?,16-/m1/s1. The van der Waals surface area contributed by atoms with E-state index in [1.807, 2.05) is 35.3 Å². The molecule has 1 aromatic carbocycles. The SMILES string of the molecule is Nc1n[nH]c2ccc(C(=O)N3CCC[C@@H]3C3C=CC(Cl)=CC3)cc12. The molecule has 0 radical (unpaired) electrons. The zero-order valence-corrected chi connectivity index (χ0v) is 14.0. The molecule has 6 heteroatoms. The second-order valence-electron chi connectivity index (χ2n) is 6.43. The lowest BCUT2D eigenvalue weighted by Gasteiger charge is -2.31. The van der Waals surface area contributed by atoms with E-state index in [0.29, 0.717) is 17.3 Å². The molecule has 3 N–H and O–H groups in total. The van der Waals surface area contributed by atoms with Crippen LogP contribution in [0.1, 0.15) is 29.6 Å². The van der Waals surface area contributed by atoms with Gasteiger partial charge in [0.15, 0.2) is 5.82 Å². The van der Waals surface area contributed by atoms with Crippen LogP contribution in [0.3, 0.4) is 0 Å². The third kappa shape index (κ3) is 2.59. The quantitative estimate of drug-likeness (QED) is 0.877. The van der Waals surface area contributed by atoms with Crippen LogP contribution in [0.4, 0.5) is 5.82 Å². The summed E-state index contributed by atoms with van der Waals surface area (Å²) in [6, 6.07) is 5.76. The number of fused-ring (bicyclic) bond motifs is 1. The molecule has 4 rings (SSSR count). The maximum atomic E-state index is 13.0. The number of nitrogens with two attached hydrogens (primary N) is 1. The van der Waals surface area contributed by atoms with E-state index in [4.69, 9.17) is 17.3 Å². The molecular weight excluding hydrogens is 324 g/mol. The fourth-order valence-electron chi connectivity index (χ4n) is 3.72. The minimum absolute atomic E-state index is 0.0639. The van der Waals surface area contributed by atoms with Gasteiger partial charge in [0.05, 0.1) is 5.52 Å². The zero-order chi connectivity index (χ0) is 16.7. The van der Waals surface area contributed by atoms with Gasteiger partial charge >= 0.3 is 0 Å². The molecule has 5 nitrogen and oxygen atoms in total. The second-order valence-corrected chi connectivity index (χ2v) is 6.86. The first-order valence-corrected chi connectivity index (χ1v) is 8.60. The Morgan fingerprint density at radius 3 is 3.08 bits per heavy atom. The van der Waals surface area contributed by atoms with E-state index in [-0.39, 0.29) is 11.9 Å². The van der Waals surface area contributed by atoms with Crippen molar-refractivity contribution in [2.24, 2.45) is 5.92 Å². The van der Waals surface area contributed by atoms with Gasteiger partial charge in [0.25, 0.3) is 5.91 Å². The van der Waals surface area contributed by atoms with Crippen molar-refractivity contribution in [3.8, 4) is 0 Å². The van der Waals surface area contributed by atoms with E-state index in [0.717, 1.165) is 41.7 Å². The van der Waals surface area contributed by atoms with E-state index in [9.17, 15) is 4.79 Å². The van der Waals surface area contributed by atoms with Crippen LogP contribution >= 0.6 is 11.6 Å². The van der Waals surface area contributed by atoms with Crippen LogP contribution in [-0.2, 0) is 0 Å². The number of anilines is 1. The number of rotatable bonds is 2. The normalized spacial score (nSPS) is 23.7. The summed E-state index contributed by atoms with van der Waals surface area (Å²) in [5, 5.41) is 8.42. The number of halogens is 1. The first-order chi connectivity index (χ1) is 11.6. The number of amides is 1. The number of nitrogens with zero attached hydrogens (tertiary/aromatic N) is 2. The third-order valence-corrected chi connectivity index (χ3v) is 5.26. The van der Waals surface area contributed by atoms with E-state index < -0.39 is 0 Å². The van der Waals surface area contributed by atoms with Crippen molar-refractivity contribution in [3.63, 3.8) is 0 Å². The van der Waals surface area contributed by atoms with Gasteiger partial charge in [-0.15, -0.1) is 0 Å². The van der Waals surface area contributed by atoms with Crippen LogP contribution in [0.2, 0.25) is 0 Å². The fraction of sp³-hybridized carbons (Fsp3) is 0.333. The van der Waals surface area contributed by atoms with E-state index in [2.05, 4.69) is 16.3 Å². The highest BCUT2D eigenvalue weighted by molar-refractivity contribution is 6.31. The highest BCUT2D eigenvalue weighted by Gasteiger charge is 2.34. The van der Waals surface area contributed by atoms with Gasteiger partial charge in [-0.25, -0.2) is 0 Å². The average Bonchev–Trinajstić information content (AvgIpc) is 3.22. The third-order valence-electron chi connectivity index (χ3n) is 4.98. The zero-order valence-electron chi connectivity index (χ0n) is 13.2. The van der Waals surface area contributed by atoms with Crippen molar-refractivity contribution in [2.75, 3.05) is 12.3 Å². The van der Waals surface area contributed by atoms with Gasteiger partial charge in [-0.2, -0.15) is 5.10 Å². The lowest BCUT2D eigenvalue weighted by Crippen LogP contribution is -2.39. The molecular formula is C18H19ClN4O. The Hall–Kier alpha value is -2.27. The molecule has 0 bridgehead atoms. The smallest absolute Gasteiger partial charge is 0.254 e. The molecule has 2 heterocycles. The Bertz CT molecular complexity index is 854. The first-order valence-electron chi connectivity index (χ1n) is 8.22. The summed E-state index contributed by atoms with van der Waals surface area (Å²) in [6.45, 7) is 0.796. The Morgan fingerprint density at radius 2 is 2.29 bits per heavy atom. The number of hydrogen-bond donors (Lipinski definition) is 2. The van der Waals surface area contributed by atoms with Crippen molar-refractivity contribution in [1.29, 1.82) is 0 Å². The molecule has 1 aliphatic carbocycles. The predicted molar refractivity (Wildman–Crippen MR) is 95.7 cm³/mol. The minimum Gasteiger partial charge on any atom is -0.382 e. The van der Waals surface area contributed by atoms with E-state index in [1.54, 1.807) is 0 Å². The molecule has 2 atom stereocenters. The maximum Gasteiger partial charge on any atom is 0.254 e. The summed E-state index contributed by atoms with van der Waals surface area (Å²) in [7, 11) is 0. The van der Waals surface area contributed by atoms with Crippen molar-refractivity contribution in [1.82, 2.24) is 15.1 Å². The minimum atomic E-state index is 0.0639. The number of H-pyrrole nitrogens is 1. The molecule has 124 valence electrons. The summed E-state index contributed by atoms with van der Waals surface area (Å²) in [4.78, 5) is 15.0. The lowest BCUT2D eigenvalue weighted by atomic mass is 9.90. The van der Waals surface area contributed by atoms with Gasteiger partial charge in [0.2, 0.25) is 0 Å². The number of likely N-dealkylation sites (tertiary alicyclic amines) is 1. The Balaban J connectivity index is 1.60. The second kappa shape index (κ2) is 5.98. The van der Waals surface area contributed by atoms with Crippen LogP contribution in [0.5, 0.6) is 0 Å². The van der Waals surface area contributed by atoms with Gasteiger partial charge in [0.1, 0.15) is 0 Å². The molecule has 1 amide bonds. The highest BCUT2D eigenvalue weighted by atomic mass is 35.5. The summed E-state index contributed by atoms with van der Waals surface area (Å²) in [5.74, 6) is 0.823. The van der Waals surface area contributed by atoms with Crippen LogP contribution in [-0.4, -0.2) is 33.6 Å². The van der Waals surface area contributed by atoms with Gasteiger partial charge < -0.3 is 10.6 Å². The topological polar surface area (TPSA) is 75.0 Å². The highest BCUT2D eigenvalue weighted by Crippen LogP contribution is 2.32. The van der Waals surface area contributed by atoms with Crippen LogP contribution in [0.15, 0.2) is 41.5 Å². The number of aromatic nitrogens is 2. The number of nitrogen functional groups attached to an aromatic ring is 1. The number of carbonyl (C=O) groups is 1. The molecule has 24 heavy (non-hydrogen) atoms. The Kier molecular flexibility index (Phi) is 3.81. The number of hydrogen-bond acceptors (Lipinski definition) is 3. The van der Waals surface area contributed by atoms with E-state index in [1.165, 1.54) is 0 Å². The Morgan fingerprint density at radius 1 is 1.42 bits per heavy atom. The monoisotopic (exact) mass is 342 g/mol. The number of nitrogens with one attached hydrogen (secondary N) is 1. The van der Waals surface area contributed by atoms with Crippen LogP contribution in [0.25, 0.3) is 10.9 Å². The number of carbonyl (C=O) groups excluding carboxylic acids is 1. The summed E-state index contributed by atoms with van der Waals surface area (Å²) < 4.78 is 0. The molecule has 1 saturated heterocycles. The number of benzene rings is 1. The summed E-state index contributed by atoms with van der Waals surface area (Å²) in [6.07, 6.45) is 9.06. The van der Waals surface area contributed by atoms with Crippen molar-refractivity contribution < 1.29 is 4.79 Å². The molecule has 1 aliphatic heterocycles. The fourth-order valence-corrected chi connectivity index (χ4v) is 3.88. The van der Waals surface area contributed by atoms with Crippen molar-refractivity contribution >= 4 is 34.2 Å². The lowest BCUT2D eigenvalue weighted by molar-refractivity contribution is 0.0706. The predicted octanol–water partition coefficient (Wildman–Crippen LogP) is 3.45. The van der Waals surface area contributed by atoms with Crippen molar-refractivity contribution in [3.05, 3.63) is 47.0 Å². The molecule has 1 fully saturated rings. The van der Waals surface area contributed by atoms with Crippen LogP contribution < -0.4 is 5.73 Å². The summed E-state index contributed by atoms with van der Waals surface area (Å²) in [5.41, 5.74) is 7.37.